The van der Waals surface area contributed by atoms with Gasteiger partial charge in [0.1, 0.15) is 17.5 Å². The lowest BCUT2D eigenvalue weighted by atomic mass is 10.1. The Morgan fingerprint density at radius 3 is 2.70 bits per heavy atom. The van der Waals surface area contributed by atoms with Crippen LogP contribution in [-0.2, 0) is 13.6 Å². The van der Waals surface area contributed by atoms with E-state index in [1.54, 1.807) is 0 Å². The summed E-state index contributed by atoms with van der Waals surface area (Å²) in [6, 6.07) is 0.972. The van der Waals surface area contributed by atoms with Gasteiger partial charge in [-0.05, 0) is 26.8 Å². The number of hydrogen-bond donors (Lipinski definition) is 0. The van der Waals surface area contributed by atoms with E-state index in [2.05, 4.69) is 55.1 Å². The molecule has 124 valence electrons. The number of hydrogen-bond acceptors (Lipinski definition) is 5. The number of aromatic nitrogens is 5. The third-order valence-corrected chi connectivity index (χ3v) is 5.10. The topological polar surface area (TPSA) is 55.0 Å². The van der Waals surface area contributed by atoms with Crippen LogP contribution in [0.5, 0.6) is 0 Å². The molecule has 1 saturated heterocycles. The summed E-state index contributed by atoms with van der Waals surface area (Å²) in [6.07, 6.45) is 6.44. The highest BCUT2D eigenvalue weighted by Crippen LogP contribution is 2.36. The second-order valence-electron chi connectivity index (χ2n) is 6.89. The summed E-state index contributed by atoms with van der Waals surface area (Å²) in [6.45, 7) is 6.04. The fourth-order valence-corrected chi connectivity index (χ4v) is 3.58. The van der Waals surface area contributed by atoms with E-state index in [9.17, 15) is 0 Å². The van der Waals surface area contributed by atoms with Crippen LogP contribution >= 0.6 is 0 Å². The summed E-state index contributed by atoms with van der Waals surface area (Å²) in [5.74, 6) is 3.31. The first-order chi connectivity index (χ1) is 11.1. The van der Waals surface area contributed by atoms with Gasteiger partial charge in [0.2, 0.25) is 0 Å². The van der Waals surface area contributed by atoms with Gasteiger partial charge in [-0.2, -0.15) is 0 Å². The normalized spacial score (nSPS) is 23.5. The highest BCUT2D eigenvalue weighted by Gasteiger charge is 2.32. The average Bonchev–Trinajstić information content (AvgIpc) is 3.17. The van der Waals surface area contributed by atoms with Gasteiger partial charge in [0.05, 0.1) is 12.6 Å². The minimum Gasteiger partial charge on any atom is -0.337 e. The van der Waals surface area contributed by atoms with Crippen LogP contribution in [0.1, 0.15) is 42.4 Å². The highest BCUT2D eigenvalue weighted by molar-refractivity contribution is 5.04. The number of piperazine rings is 1. The Hall–Kier alpha value is -1.73. The van der Waals surface area contributed by atoms with Crippen molar-refractivity contribution in [3.63, 3.8) is 0 Å². The minimum atomic E-state index is 0.335. The zero-order chi connectivity index (χ0) is 16.0. The lowest BCUT2D eigenvalue weighted by Gasteiger charge is -2.38. The number of imidazole rings is 1. The SMILES string of the molecule is Cc1nnc(CN2CCN(C)C(c3nccn3C)C2)n1C1CC1. The Balaban J connectivity index is 1.51. The summed E-state index contributed by atoms with van der Waals surface area (Å²) in [5.41, 5.74) is 0. The lowest BCUT2D eigenvalue weighted by Crippen LogP contribution is -2.47. The third kappa shape index (κ3) is 2.79. The van der Waals surface area contributed by atoms with Gasteiger partial charge in [-0.1, -0.05) is 0 Å². The summed E-state index contributed by atoms with van der Waals surface area (Å²) in [5, 5.41) is 8.73. The molecule has 0 N–H and O–H groups in total. The van der Waals surface area contributed by atoms with Crippen molar-refractivity contribution in [2.45, 2.75) is 38.4 Å². The smallest absolute Gasteiger partial charge is 0.147 e. The van der Waals surface area contributed by atoms with Gasteiger partial charge in [-0.15, -0.1) is 10.2 Å². The molecule has 2 aromatic heterocycles. The third-order valence-electron chi connectivity index (χ3n) is 5.10. The Bertz CT molecular complexity index is 684. The van der Waals surface area contributed by atoms with Crippen molar-refractivity contribution in [2.24, 2.45) is 7.05 Å². The fourth-order valence-electron chi connectivity index (χ4n) is 3.58. The number of aryl methyl sites for hydroxylation is 2. The van der Waals surface area contributed by atoms with Crippen molar-refractivity contribution in [2.75, 3.05) is 26.7 Å². The summed E-state index contributed by atoms with van der Waals surface area (Å²) in [4.78, 5) is 9.44. The monoisotopic (exact) mass is 315 g/mol. The first-order valence-electron chi connectivity index (χ1n) is 8.43. The highest BCUT2D eigenvalue weighted by atomic mass is 15.3. The van der Waals surface area contributed by atoms with E-state index in [1.807, 2.05) is 12.4 Å². The molecule has 0 radical (unpaired) electrons. The van der Waals surface area contributed by atoms with Crippen LogP contribution < -0.4 is 0 Å². The quantitative estimate of drug-likeness (QED) is 0.847. The molecule has 0 amide bonds. The van der Waals surface area contributed by atoms with E-state index < -0.39 is 0 Å². The van der Waals surface area contributed by atoms with Gasteiger partial charge >= 0.3 is 0 Å². The van der Waals surface area contributed by atoms with Gasteiger partial charge in [0.15, 0.2) is 0 Å². The van der Waals surface area contributed by atoms with E-state index in [4.69, 9.17) is 0 Å². The molecule has 1 aliphatic heterocycles. The zero-order valence-corrected chi connectivity index (χ0v) is 14.2. The first-order valence-corrected chi connectivity index (χ1v) is 8.43. The minimum absolute atomic E-state index is 0.335. The molecular weight excluding hydrogens is 290 g/mol. The number of rotatable bonds is 4. The number of nitrogens with zero attached hydrogens (tertiary/aromatic N) is 7. The Labute approximate surface area is 136 Å². The van der Waals surface area contributed by atoms with Gasteiger partial charge < -0.3 is 9.13 Å². The standard InChI is InChI=1S/C16H25N7/c1-12-18-19-15(23(12)13-4-5-13)11-22-9-8-20(2)14(10-22)16-17-6-7-21(16)3/h6-7,13-14H,4-5,8-11H2,1-3H3. The predicted molar refractivity (Wildman–Crippen MR) is 86.9 cm³/mol. The van der Waals surface area contributed by atoms with E-state index in [0.717, 1.165) is 43.7 Å². The van der Waals surface area contributed by atoms with Gasteiger partial charge in [-0.3, -0.25) is 9.80 Å². The molecule has 1 aliphatic carbocycles. The molecule has 23 heavy (non-hydrogen) atoms. The van der Waals surface area contributed by atoms with E-state index in [0.29, 0.717) is 12.1 Å². The van der Waals surface area contributed by atoms with E-state index in [1.165, 1.54) is 12.8 Å². The van der Waals surface area contributed by atoms with Crippen LogP contribution in [-0.4, -0.2) is 60.8 Å². The van der Waals surface area contributed by atoms with Crippen LogP contribution in [0.2, 0.25) is 0 Å². The molecule has 7 heteroatoms. The van der Waals surface area contributed by atoms with E-state index in [-0.39, 0.29) is 0 Å². The molecule has 0 bridgehead atoms. The van der Waals surface area contributed by atoms with Crippen LogP contribution in [0.15, 0.2) is 12.4 Å². The van der Waals surface area contributed by atoms with Crippen molar-refractivity contribution in [1.29, 1.82) is 0 Å². The molecular formula is C16H25N7. The Morgan fingerprint density at radius 2 is 2.00 bits per heavy atom. The molecule has 1 atom stereocenters. The maximum absolute atomic E-state index is 4.55. The molecule has 3 heterocycles. The largest absolute Gasteiger partial charge is 0.337 e. The van der Waals surface area contributed by atoms with Crippen molar-refractivity contribution in [1.82, 2.24) is 34.1 Å². The second-order valence-corrected chi connectivity index (χ2v) is 6.89. The van der Waals surface area contributed by atoms with E-state index >= 15 is 0 Å². The van der Waals surface area contributed by atoms with Crippen LogP contribution in [0.25, 0.3) is 0 Å². The lowest BCUT2D eigenvalue weighted by molar-refractivity contribution is 0.0817. The molecule has 4 rings (SSSR count). The van der Waals surface area contributed by atoms with Gasteiger partial charge in [0.25, 0.3) is 0 Å². The molecule has 7 nitrogen and oxygen atoms in total. The summed E-state index contributed by atoms with van der Waals surface area (Å²) >= 11 is 0. The van der Waals surface area contributed by atoms with Crippen LogP contribution in [0.4, 0.5) is 0 Å². The molecule has 1 saturated carbocycles. The Kier molecular flexibility index (Phi) is 3.69. The summed E-state index contributed by atoms with van der Waals surface area (Å²) in [7, 11) is 4.26. The van der Waals surface area contributed by atoms with Crippen LogP contribution in [0, 0.1) is 6.92 Å². The molecule has 0 spiro atoms. The number of likely N-dealkylation sites (N-methyl/N-ethyl adjacent to an activating group) is 1. The fraction of sp³-hybridized carbons (Fsp3) is 0.688. The maximum Gasteiger partial charge on any atom is 0.147 e. The van der Waals surface area contributed by atoms with Crippen molar-refractivity contribution in [3.8, 4) is 0 Å². The van der Waals surface area contributed by atoms with Crippen LogP contribution in [0.3, 0.4) is 0 Å². The van der Waals surface area contributed by atoms with Crippen molar-refractivity contribution in [3.05, 3.63) is 29.9 Å². The second kappa shape index (κ2) is 5.72. The molecule has 2 aliphatic rings. The van der Waals surface area contributed by atoms with Crippen molar-refractivity contribution < 1.29 is 0 Å². The molecule has 1 unspecified atom stereocenters. The molecule has 0 aromatic carbocycles. The van der Waals surface area contributed by atoms with Crippen molar-refractivity contribution >= 4 is 0 Å². The Morgan fingerprint density at radius 1 is 1.17 bits per heavy atom. The maximum atomic E-state index is 4.55. The summed E-state index contributed by atoms with van der Waals surface area (Å²) < 4.78 is 4.47. The van der Waals surface area contributed by atoms with Gasteiger partial charge in [0, 0.05) is 45.1 Å². The van der Waals surface area contributed by atoms with Gasteiger partial charge in [-0.25, -0.2) is 4.98 Å². The first kappa shape index (κ1) is 14.8. The predicted octanol–water partition coefficient (Wildman–Crippen LogP) is 1.14. The average molecular weight is 315 g/mol. The zero-order valence-electron chi connectivity index (χ0n) is 14.2. The molecule has 2 fully saturated rings. The molecule has 2 aromatic rings.